The molecule has 0 saturated heterocycles. The second-order valence-corrected chi connectivity index (χ2v) is 3.70. The van der Waals surface area contributed by atoms with E-state index >= 15 is 0 Å². The van der Waals surface area contributed by atoms with Gasteiger partial charge < -0.3 is 5.32 Å². The Hall–Kier alpha value is -0.380. The van der Waals surface area contributed by atoms with Gasteiger partial charge in [0.25, 0.3) is 0 Å². The molecule has 1 N–H and O–H groups in total. The summed E-state index contributed by atoms with van der Waals surface area (Å²) in [6.45, 7) is 0.731. The van der Waals surface area contributed by atoms with Crippen LogP contribution in [0.15, 0.2) is 28.7 Å². The number of hydrogen-bond donors (Lipinski definition) is 1. The molecule has 0 aromatic heterocycles. The van der Waals surface area contributed by atoms with E-state index in [1.54, 1.807) is 0 Å². The van der Waals surface area contributed by atoms with Gasteiger partial charge in [0.05, 0.1) is 0 Å². The summed E-state index contributed by atoms with van der Waals surface area (Å²) >= 11 is 3.32. The molecule has 1 aromatic rings. The zero-order valence-corrected chi connectivity index (χ0v) is 10.3. The SMILES string of the molecule is CNCCC(=O)c1ccc(Br)cc1.Cl. The summed E-state index contributed by atoms with van der Waals surface area (Å²) in [4.78, 5) is 11.5. The van der Waals surface area contributed by atoms with Gasteiger partial charge in [-0.05, 0) is 19.2 Å². The number of nitrogens with one attached hydrogen (secondary N) is 1. The van der Waals surface area contributed by atoms with Crippen molar-refractivity contribution in [1.82, 2.24) is 5.32 Å². The molecular formula is C10H13BrClNO. The minimum atomic E-state index is 0. The summed E-state index contributed by atoms with van der Waals surface area (Å²) in [6, 6.07) is 7.43. The molecule has 4 heteroatoms. The standard InChI is InChI=1S/C10H12BrNO.ClH/c1-12-7-6-10(13)8-2-4-9(11)5-3-8;/h2-5,12H,6-7H2,1H3;1H. The van der Waals surface area contributed by atoms with Crippen molar-refractivity contribution >= 4 is 34.1 Å². The van der Waals surface area contributed by atoms with Crippen molar-refractivity contribution in [1.29, 1.82) is 0 Å². The fourth-order valence-corrected chi connectivity index (χ4v) is 1.28. The summed E-state index contributed by atoms with van der Waals surface area (Å²) in [6.07, 6.45) is 0.554. The van der Waals surface area contributed by atoms with E-state index in [1.165, 1.54) is 0 Å². The van der Waals surface area contributed by atoms with E-state index in [4.69, 9.17) is 0 Å². The molecule has 0 bridgehead atoms. The van der Waals surface area contributed by atoms with Gasteiger partial charge >= 0.3 is 0 Å². The molecule has 0 fully saturated rings. The topological polar surface area (TPSA) is 29.1 Å². The van der Waals surface area contributed by atoms with Crippen LogP contribution in [0.1, 0.15) is 16.8 Å². The van der Waals surface area contributed by atoms with Crippen LogP contribution in [0.2, 0.25) is 0 Å². The van der Waals surface area contributed by atoms with Gasteiger partial charge in [-0.15, -0.1) is 12.4 Å². The number of halogens is 2. The van der Waals surface area contributed by atoms with Crippen molar-refractivity contribution in [2.24, 2.45) is 0 Å². The quantitative estimate of drug-likeness (QED) is 0.858. The summed E-state index contributed by atoms with van der Waals surface area (Å²) in [7, 11) is 1.84. The third kappa shape index (κ3) is 4.22. The van der Waals surface area contributed by atoms with Gasteiger partial charge in [0.2, 0.25) is 0 Å². The lowest BCUT2D eigenvalue weighted by atomic mass is 10.1. The Morgan fingerprint density at radius 2 is 1.93 bits per heavy atom. The predicted octanol–water partition coefficient (Wildman–Crippen LogP) is 2.66. The predicted molar refractivity (Wildman–Crippen MR) is 64.3 cm³/mol. The lowest BCUT2D eigenvalue weighted by Crippen LogP contribution is -2.12. The number of carbonyl (C=O) groups excluding carboxylic acids is 1. The maximum Gasteiger partial charge on any atom is 0.164 e. The first-order valence-corrected chi connectivity index (χ1v) is 4.96. The van der Waals surface area contributed by atoms with Gasteiger partial charge in [-0.3, -0.25) is 4.79 Å². The molecule has 1 rings (SSSR count). The monoisotopic (exact) mass is 277 g/mol. The van der Waals surface area contributed by atoms with Crippen LogP contribution in [-0.2, 0) is 0 Å². The molecule has 0 unspecified atom stereocenters. The van der Waals surface area contributed by atoms with E-state index in [0.29, 0.717) is 6.42 Å². The molecule has 0 atom stereocenters. The van der Waals surface area contributed by atoms with Crippen molar-refractivity contribution in [3.8, 4) is 0 Å². The molecule has 0 saturated carbocycles. The van der Waals surface area contributed by atoms with Gasteiger partial charge in [-0.1, -0.05) is 28.1 Å². The lowest BCUT2D eigenvalue weighted by molar-refractivity contribution is 0.0983. The van der Waals surface area contributed by atoms with Gasteiger partial charge in [0.15, 0.2) is 5.78 Å². The Balaban J connectivity index is 0.00000169. The first-order chi connectivity index (χ1) is 6.24. The Kier molecular flexibility index (Phi) is 6.79. The number of rotatable bonds is 4. The highest BCUT2D eigenvalue weighted by Gasteiger charge is 2.03. The first kappa shape index (κ1) is 13.6. The maximum absolute atomic E-state index is 11.5. The van der Waals surface area contributed by atoms with E-state index in [9.17, 15) is 4.79 Å². The van der Waals surface area contributed by atoms with Gasteiger partial charge in [-0.2, -0.15) is 0 Å². The smallest absolute Gasteiger partial charge is 0.164 e. The molecule has 14 heavy (non-hydrogen) atoms. The third-order valence-corrected chi connectivity index (χ3v) is 2.30. The van der Waals surface area contributed by atoms with Crippen LogP contribution in [0.4, 0.5) is 0 Å². The van der Waals surface area contributed by atoms with Crippen molar-refractivity contribution in [3.63, 3.8) is 0 Å². The minimum Gasteiger partial charge on any atom is -0.319 e. The van der Waals surface area contributed by atoms with Crippen molar-refractivity contribution < 1.29 is 4.79 Å². The highest BCUT2D eigenvalue weighted by molar-refractivity contribution is 9.10. The van der Waals surface area contributed by atoms with Crippen LogP contribution in [-0.4, -0.2) is 19.4 Å². The Labute approximate surface area is 98.6 Å². The van der Waals surface area contributed by atoms with Crippen LogP contribution >= 0.6 is 28.3 Å². The average molecular weight is 279 g/mol. The van der Waals surface area contributed by atoms with Crippen LogP contribution in [0.25, 0.3) is 0 Å². The Morgan fingerprint density at radius 1 is 1.36 bits per heavy atom. The number of carbonyl (C=O) groups is 1. The molecule has 1 aromatic carbocycles. The first-order valence-electron chi connectivity index (χ1n) is 4.17. The fraction of sp³-hybridized carbons (Fsp3) is 0.300. The summed E-state index contributed by atoms with van der Waals surface area (Å²) in [5.41, 5.74) is 0.776. The van der Waals surface area contributed by atoms with Gasteiger partial charge in [-0.25, -0.2) is 0 Å². The van der Waals surface area contributed by atoms with E-state index < -0.39 is 0 Å². The Morgan fingerprint density at radius 3 is 2.43 bits per heavy atom. The zero-order chi connectivity index (χ0) is 9.68. The highest BCUT2D eigenvalue weighted by Crippen LogP contribution is 2.11. The second-order valence-electron chi connectivity index (χ2n) is 2.78. The zero-order valence-electron chi connectivity index (χ0n) is 7.92. The van der Waals surface area contributed by atoms with Crippen LogP contribution in [0.5, 0.6) is 0 Å². The molecule has 0 heterocycles. The fourth-order valence-electron chi connectivity index (χ4n) is 1.02. The summed E-state index contributed by atoms with van der Waals surface area (Å²) in [5, 5.41) is 2.95. The van der Waals surface area contributed by atoms with E-state index in [-0.39, 0.29) is 18.2 Å². The number of benzene rings is 1. The lowest BCUT2D eigenvalue weighted by Gasteiger charge is -2.00. The van der Waals surface area contributed by atoms with Crippen LogP contribution in [0, 0.1) is 0 Å². The Bertz CT molecular complexity index is 287. The van der Waals surface area contributed by atoms with Gasteiger partial charge in [0.1, 0.15) is 0 Å². The molecule has 2 nitrogen and oxygen atoms in total. The molecule has 78 valence electrons. The van der Waals surface area contributed by atoms with Gasteiger partial charge in [0, 0.05) is 23.0 Å². The molecule has 0 spiro atoms. The third-order valence-electron chi connectivity index (χ3n) is 1.77. The highest BCUT2D eigenvalue weighted by atomic mass is 79.9. The average Bonchev–Trinajstić information content (AvgIpc) is 2.15. The summed E-state index contributed by atoms with van der Waals surface area (Å²) < 4.78 is 0.998. The van der Waals surface area contributed by atoms with E-state index in [1.807, 2.05) is 31.3 Å². The molecule has 0 aliphatic rings. The summed E-state index contributed by atoms with van der Waals surface area (Å²) in [5.74, 6) is 0.182. The molecule has 0 radical (unpaired) electrons. The molecule has 0 aliphatic carbocycles. The second kappa shape index (κ2) is 6.98. The van der Waals surface area contributed by atoms with Crippen molar-refractivity contribution in [3.05, 3.63) is 34.3 Å². The largest absolute Gasteiger partial charge is 0.319 e. The molecule has 0 aliphatic heterocycles. The maximum atomic E-state index is 11.5. The normalized spacial score (nSPS) is 9.29. The number of Topliss-reactive ketones (excluding diaryl/α,β-unsaturated/α-hetero) is 1. The van der Waals surface area contributed by atoms with Crippen LogP contribution in [0.3, 0.4) is 0 Å². The van der Waals surface area contributed by atoms with Crippen LogP contribution < -0.4 is 5.32 Å². The number of hydrogen-bond acceptors (Lipinski definition) is 2. The molecular weight excluding hydrogens is 265 g/mol. The number of ketones is 1. The molecule has 0 amide bonds. The van der Waals surface area contributed by atoms with E-state index in [2.05, 4.69) is 21.2 Å². The minimum absolute atomic E-state index is 0. The van der Waals surface area contributed by atoms with E-state index in [0.717, 1.165) is 16.6 Å². The van der Waals surface area contributed by atoms with Crippen molar-refractivity contribution in [2.75, 3.05) is 13.6 Å². The van der Waals surface area contributed by atoms with Crippen molar-refractivity contribution in [2.45, 2.75) is 6.42 Å².